The van der Waals surface area contributed by atoms with Gasteiger partial charge in [0.05, 0.1) is 15.7 Å². The molecule has 0 radical (unpaired) electrons. The van der Waals surface area contributed by atoms with E-state index in [-0.39, 0.29) is 11.9 Å². The van der Waals surface area contributed by atoms with Gasteiger partial charge in [0.1, 0.15) is 5.82 Å². The summed E-state index contributed by atoms with van der Waals surface area (Å²) in [6, 6.07) is 15.1. The molecule has 2 heterocycles. The summed E-state index contributed by atoms with van der Waals surface area (Å²) in [7, 11) is 0. The number of rotatable bonds is 4. The Bertz CT molecular complexity index is 1170. The lowest BCUT2D eigenvalue weighted by Crippen LogP contribution is -2.38. The lowest BCUT2D eigenvalue weighted by molar-refractivity contribution is 0.215. The Balaban J connectivity index is 1.56. The molecular formula is C26H29Cl2N5O. The fourth-order valence-electron chi connectivity index (χ4n) is 4.33. The fourth-order valence-corrected chi connectivity index (χ4v) is 4.67. The molecule has 3 aromatic rings. The molecule has 0 atom stereocenters. The minimum absolute atomic E-state index is 0.182. The normalized spacial score (nSPS) is 14.3. The van der Waals surface area contributed by atoms with Crippen LogP contribution in [0, 0.1) is 6.92 Å². The third-order valence-corrected chi connectivity index (χ3v) is 6.82. The fraction of sp³-hybridized carbons (Fsp3) is 0.346. The summed E-state index contributed by atoms with van der Waals surface area (Å²) in [5.41, 5.74) is 3.66. The maximum atomic E-state index is 13.0. The summed E-state index contributed by atoms with van der Waals surface area (Å²) < 4.78 is 0. The second-order valence-corrected chi connectivity index (χ2v) is 9.53. The van der Waals surface area contributed by atoms with E-state index in [1.807, 2.05) is 35.2 Å². The van der Waals surface area contributed by atoms with Crippen molar-refractivity contribution in [3.8, 4) is 11.4 Å². The molecule has 4 rings (SSSR count). The number of anilines is 2. The van der Waals surface area contributed by atoms with Crippen molar-refractivity contribution in [2.45, 2.75) is 33.1 Å². The van der Waals surface area contributed by atoms with Gasteiger partial charge in [0.15, 0.2) is 5.82 Å². The Hall–Kier alpha value is -2.83. The van der Waals surface area contributed by atoms with E-state index in [9.17, 15) is 4.79 Å². The SMILES string of the molecule is Cc1nc(-c2ccccc2)nc(N2CCCN(C(=O)Nc3cccc(Cl)c3Cl)CC2)c1C(C)C. The second-order valence-electron chi connectivity index (χ2n) is 8.75. The highest BCUT2D eigenvalue weighted by atomic mass is 35.5. The van der Waals surface area contributed by atoms with E-state index >= 15 is 0 Å². The van der Waals surface area contributed by atoms with Crippen molar-refractivity contribution >= 4 is 40.7 Å². The summed E-state index contributed by atoms with van der Waals surface area (Å²) in [5.74, 6) is 1.97. The Morgan fingerprint density at radius 1 is 0.971 bits per heavy atom. The molecule has 0 aliphatic carbocycles. The summed E-state index contributed by atoms with van der Waals surface area (Å²) in [5, 5.41) is 3.66. The molecule has 6 nitrogen and oxygen atoms in total. The summed E-state index contributed by atoms with van der Waals surface area (Å²) in [4.78, 5) is 26.9. The number of aromatic nitrogens is 2. The quantitative estimate of drug-likeness (QED) is 0.439. The number of hydrogen-bond acceptors (Lipinski definition) is 4. The van der Waals surface area contributed by atoms with Crippen molar-refractivity contribution in [2.75, 3.05) is 36.4 Å². The molecule has 178 valence electrons. The predicted molar refractivity (Wildman–Crippen MR) is 140 cm³/mol. The predicted octanol–water partition coefficient (Wildman–Crippen LogP) is 6.63. The van der Waals surface area contributed by atoms with Gasteiger partial charge in [-0.3, -0.25) is 0 Å². The van der Waals surface area contributed by atoms with Crippen LogP contribution in [0.25, 0.3) is 11.4 Å². The molecule has 1 saturated heterocycles. The zero-order valence-corrected chi connectivity index (χ0v) is 21.2. The zero-order chi connectivity index (χ0) is 24.2. The molecular weight excluding hydrogens is 469 g/mol. The number of nitrogens with one attached hydrogen (secondary N) is 1. The van der Waals surface area contributed by atoms with Crippen molar-refractivity contribution < 1.29 is 4.79 Å². The van der Waals surface area contributed by atoms with Crippen LogP contribution in [0.1, 0.15) is 37.4 Å². The standard InChI is InChI=1S/C26H29Cl2N5O/c1-17(2)22-18(3)29-24(19-9-5-4-6-10-19)31-25(22)32-13-8-14-33(16-15-32)26(34)30-21-12-7-11-20(27)23(21)28/h4-7,9-12,17H,8,13-16H2,1-3H3,(H,30,34). The molecule has 0 saturated carbocycles. The van der Waals surface area contributed by atoms with Gasteiger partial charge < -0.3 is 15.1 Å². The van der Waals surface area contributed by atoms with Crippen molar-refractivity contribution in [2.24, 2.45) is 0 Å². The number of aryl methyl sites for hydroxylation is 1. The number of halogens is 2. The smallest absolute Gasteiger partial charge is 0.321 e. The summed E-state index contributed by atoms with van der Waals surface area (Å²) >= 11 is 12.3. The number of benzene rings is 2. The van der Waals surface area contributed by atoms with Gasteiger partial charge in [-0.2, -0.15) is 0 Å². The zero-order valence-electron chi connectivity index (χ0n) is 19.7. The summed E-state index contributed by atoms with van der Waals surface area (Å²) in [6.07, 6.45) is 0.831. The van der Waals surface area contributed by atoms with Crippen LogP contribution in [0.4, 0.5) is 16.3 Å². The van der Waals surface area contributed by atoms with E-state index in [2.05, 4.69) is 31.0 Å². The maximum Gasteiger partial charge on any atom is 0.321 e. The maximum absolute atomic E-state index is 13.0. The van der Waals surface area contributed by atoms with Gasteiger partial charge >= 0.3 is 6.03 Å². The molecule has 8 heteroatoms. The number of carbonyl (C=O) groups is 1. The van der Waals surface area contributed by atoms with Crippen LogP contribution in [0.3, 0.4) is 0 Å². The van der Waals surface area contributed by atoms with Gasteiger partial charge in [0, 0.05) is 43.0 Å². The molecule has 1 aromatic heterocycles. The van der Waals surface area contributed by atoms with Crippen LogP contribution < -0.4 is 10.2 Å². The van der Waals surface area contributed by atoms with Crippen LogP contribution >= 0.6 is 23.2 Å². The Kier molecular flexibility index (Phi) is 7.59. The average Bonchev–Trinajstić information content (AvgIpc) is 3.08. The molecule has 34 heavy (non-hydrogen) atoms. The number of urea groups is 1. The molecule has 1 aliphatic rings. The van der Waals surface area contributed by atoms with E-state index in [0.717, 1.165) is 41.4 Å². The topological polar surface area (TPSA) is 61.4 Å². The highest BCUT2D eigenvalue weighted by Crippen LogP contribution is 2.32. The lowest BCUT2D eigenvalue weighted by Gasteiger charge is -2.27. The first-order valence-electron chi connectivity index (χ1n) is 11.5. The molecule has 2 aromatic carbocycles. The molecule has 0 unspecified atom stereocenters. The Morgan fingerprint density at radius 3 is 2.47 bits per heavy atom. The monoisotopic (exact) mass is 497 g/mol. The van der Waals surface area contributed by atoms with Crippen molar-refractivity contribution in [1.29, 1.82) is 0 Å². The first-order valence-corrected chi connectivity index (χ1v) is 12.3. The highest BCUT2D eigenvalue weighted by molar-refractivity contribution is 6.43. The number of hydrogen-bond donors (Lipinski definition) is 1. The third kappa shape index (κ3) is 5.29. The second kappa shape index (κ2) is 10.6. The van der Waals surface area contributed by atoms with Gasteiger partial charge in [0.2, 0.25) is 0 Å². The van der Waals surface area contributed by atoms with Gasteiger partial charge in [0.25, 0.3) is 0 Å². The van der Waals surface area contributed by atoms with Crippen molar-refractivity contribution in [3.05, 3.63) is 69.8 Å². The third-order valence-electron chi connectivity index (χ3n) is 6.00. The molecule has 0 bridgehead atoms. The van der Waals surface area contributed by atoms with Gasteiger partial charge in [-0.15, -0.1) is 0 Å². The van der Waals surface area contributed by atoms with Gasteiger partial charge in [-0.25, -0.2) is 14.8 Å². The van der Waals surface area contributed by atoms with E-state index in [1.165, 1.54) is 0 Å². The van der Waals surface area contributed by atoms with E-state index < -0.39 is 0 Å². The number of amides is 2. The molecule has 1 fully saturated rings. The Labute approximate surface area is 210 Å². The van der Waals surface area contributed by atoms with Crippen LogP contribution in [0.5, 0.6) is 0 Å². The van der Waals surface area contributed by atoms with Gasteiger partial charge in [-0.05, 0) is 31.4 Å². The minimum Gasteiger partial charge on any atom is -0.354 e. The number of carbonyl (C=O) groups excluding carboxylic acids is 1. The van der Waals surface area contributed by atoms with E-state index in [0.29, 0.717) is 35.4 Å². The largest absolute Gasteiger partial charge is 0.354 e. The minimum atomic E-state index is -0.182. The molecule has 2 amide bonds. The van der Waals surface area contributed by atoms with Crippen LogP contribution in [0.2, 0.25) is 10.0 Å². The number of nitrogens with zero attached hydrogens (tertiary/aromatic N) is 4. The highest BCUT2D eigenvalue weighted by Gasteiger charge is 2.25. The van der Waals surface area contributed by atoms with E-state index in [4.69, 9.17) is 33.2 Å². The lowest BCUT2D eigenvalue weighted by atomic mass is 10.0. The summed E-state index contributed by atoms with van der Waals surface area (Å²) in [6.45, 7) is 9.11. The van der Waals surface area contributed by atoms with Crippen LogP contribution in [-0.4, -0.2) is 47.1 Å². The van der Waals surface area contributed by atoms with Crippen molar-refractivity contribution in [1.82, 2.24) is 14.9 Å². The van der Waals surface area contributed by atoms with Gasteiger partial charge in [-0.1, -0.05) is 73.4 Å². The molecule has 1 aliphatic heterocycles. The first-order chi connectivity index (χ1) is 16.3. The average molecular weight is 498 g/mol. The Morgan fingerprint density at radius 2 is 1.74 bits per heavy atom. The molecule has 1 N–H and O–H groups in total. The molecule has 0 spiro atoms. The first kappa shape index (κ1) is 24.3. The van der Waals surface area contributed by atoms with Crippen LogP contribution in [0.15, 0.2) is 48.5 Å². The van der Waals surface area contributed by atoms with Crippen LogP contribution in [-0.2, 0) is 0 Å². The van der Waals surface area contributed by atoms with E-state index in [1.54, 1.807) is 18.2 Å². The van der Waals surface area contributed by atoms with Crippen molar-refractivity contribution in [3.63, 3.8) is 0 Å².